The highest BCUT2D eigenvalue weighted by Gasteiger charge is 2.06. The molecule has 0 aliphatic rings. The van der Waals surface area contributed by atoms with Crippen LogP contribution in [0.25, 0.3) is 4.96 Å². The molecule has 3 aromatic rings. The number of aryl methyl sites for hydroxylation is 1. The number of fused-ring (bicyclic) bond motifs is 1. The Morgan fingerprint density at radius 2 is 2.25 bits per heavy atom. The minimum absolute atomic E-state index is 0.169. The molecule has 0 fully saturated rings. The lowest BCUT2D eigenvalue weighted by atomic mass is 10.1. The van der Waals surface area contributed by atoms with Gasteiger partial charge in [-0.25, -0.2) is 4.98 Å². The van der Waals surface area contributed by atoms with Crippen molar-refractivity contribution < 1.29 is 0 Å². The first-order chi connectivity index (χ1) is 9.63. The van der Waals surface area contributed by atoms with Gasteiger partial charge in [0.15, 0.2) is 0 Å². The number of rotatable bonds is 3. The highest BCUT2D eigenvalue weighted by molar-refractivity contribution is 9.10. The Labute approximate surface area is 127 Å². The number of benzene rings is 1. The summed E-state index contributed by atoms with van der Waals surface area (Å²) in [6, 6.07) is 7.54. The van der Waals surface area contributed by atoms with E-state index in [4.69, 9.17) is 0 Å². The number of hydrogen-bond acceptors (Lipinski definition) is 5. The van der Waals surface area contributed by atoms with Crippen molar-refractivity contribution in [3.05, 3.63) is 56.4 Å². The Hall–Kier alpha value is -1.73. The molecule has 7 heteroatoms. The van der Waals surface area contributed by atoms with E-state index in [0.717, 1.165) is 4.47 Å². The lowest BCUT2D eigenvalue weighted by Gasteiger charge is -2.06. The van der Waals surface area contributed by atoms with E-state index < -0.39 is 0 Å². The van der Waals surface area contributed by atoms with Gasteiger partial charge in [-0.2, -0.15) is 4.52 Å². The second-order valence-electron chi connectivity index (χ2n) is 4.31. The Morgan fingerprint density at radius 3 is 3.05 bits per heavy atom. The molecule has 2 aromatic heterocycles. The monoisotopic (exact) mass is 350 g/mol. The topological polar surface area (TPSA) is 59.3 Å². The predicted octanol–water partition coefficient (Wildman–Crippen LogP) is 2.83. The zero-order valence-corrected chi connectivity index (χ0v) is 13.0. The van der Waals surface area contributed by atoms with E-state index in [-0.39, 0.29) is 5.56 Å². The average molecular weight is 351 g/mol. The van der Waals surface area contributed by atoms with Crippen LogP contribution < -0.4 is 10.9 Å². The first kappa shape index (κ1) is 13.3. The maximum absolute atomic E-state index is 11.6. The zero-order chi connectivity index (χ0) is 14.1. The van der Waals surface area contributed by atoms with Gasteiger partial charge in [0.2, 0.25) is 10.1 Å². The van der Waals surface area contributed by atoms with E-state index in [9.17, 15) is 4.79 Å². The highest BCUT2D eigenvalue weighted by atomic mass is 79.9. The summed E-state index contributed by atoms with van der Waals surface area (Å²) in [7, 11) is 0. The van der Waals surface area contributed by atoms with Crippen molar-refractivity contribution in [2.75, 3.05) is 5.32 Å². The minimum atomic E-state index is -0.169. The van der Waals surface area contributed by atoms with Gasteiger partial charge in [0.25, 0.3) is 5.56 Å². The summed E-state index contributed by atoms with van der Waals surface area (Å²) in [5, 5.41) is 8.13. The van der Waals surface area contributed by atoms with Crippen LogP contribution in [-0.4, -0.2) is 14.6 Å². The summed E-state index contributed by atoms with van der Waals surface area (Å²) < 4.78 is 2.35. The molecule has 0 unspecified atom stereocenters. The molecule has 0 bridgehead atoms. The molecular weight excluding hydrogens is 340 g/mol. The number of hydrogen-bond donors (Lipinski definition) is 1. The van der Waals surface area contributed by atoms with Crippen molar-refractivity contribution in [2.24, 2.45) is 0 Å². The summed E-state index contributed by atoms with van der Waals surface area (Å²) in [5.74, 6) is 0. The van der Waals surface area contributed by atoms with Crippen LogP contribution in [0.4, 0.5) is 5.13 Å². The first-order valence-corrected chi connectivity index (χ1v) is 7.58. The number of nitrogens with one attached hydrogen (secondary N) is 1. The smallest absolute Gasteiger partial charge is 0.275 e. The van der Waals surface area contributed by atoms with Crippen LogP contribution in [0.3, 0.4) is 0 Å². The summed E-state index contributed by atoms with van der Waals surface area (Å²) in [6.45, 7) is 2.72. The van der Waals surface area contributed by atoms with Crippen molar-refractivity contribution >= 4 is 37.4 Å². The fourth-order valence-corrected chi connectivity index (χ4v) is 3.00. The lowest BCUT2D eigenvalue weighted by molar-refractivity contribution is 0.895. The normalized spacial score (nSPS) is 10.9. The largest absolute Gasteiger partial charge is 0.356 e. The Balaban J connectivity index is 1.85. The Kier molecular flexibility index (Phi) is 3.54. The minimum Gasteiger partial charge on any atom is -0.356 e. The maximum atomic E-state index is 11.6. The molecule has 3 rings (SSSR count). The molecule has 0 radical (unpaired) electrons. The van der Waals surface area contributed by atoms with E-state index in [1.807, 2.05) is 6.07 Å². The number of halogens is 1. The molecule has 102 valence electrons. The molecule has 5 nitrogen and oxygen atoms in total. The van der Waals surface area contributed by atoms with Gasteiger partial charge in [-0.05, 0) is 30.2 Å². The van der Waals surface area contributed by atoms with Gasteiger partial charge in [0.05, 0.1) is 0 Å². The fourth-order valence-electron chi connectivity index (χ4n) is 1.82. The third kappa shape index (κ3) is 2.59. The van der Waals surface area contributed by atoms with E-state index >= 15 is 0 Å². The molecule has 0 aliphatic carbocycles. The van der Waals surface area contributed by atoms with E-state index in [1.165, 1.54) is 39.2 Å². The van der Waals surface area contributed by atoms with Crippen molar-refractivity contribution in [3.8, 4) is 0 Å². The summed E-state index contributed by atoms with van der Waals surface area (Å²) in [4.78, 5) is 16.3. The third-order valence-electron chi connectivity index (χ3n) is 2.91. The molecule has 2 heterocycles. The van der Waals surface area contributed by atoms with Crippen LogP contribution in [0, 0.1) is 6.92 Å². The van der Waals surface area contributed by atoms with Crippen LogP contribution in [0.5, 0.6) is 0 Å². The molecule has 0 amide bonds. The van der Waals surface area contributed by atoms with E-state index in [1.54, 1.807) is 0 Å². The van der Waals surface area contributed by atoms with Crippen LogP contribution in [0.15, 0.2) is 39.7 Å². The van der Waals surface area contributed by atoms with Crippen LogP contribution in [0.1, 0.15) is 11.1 Å². The van der Waals surface area contributed by atoms with Gasteiger partial charge in [0.1, 0.15) is 0 Å². The van der Waals surface area contributed by atoms with Crippen molar-refractivity contribution in [3.63, 3.8) is 0 Å². The van der Waals surface area contributed by atoms with Crippen LogP contribution in [0.2, 0.25) is 0 Å². The van der Waals surface area contributed by atoms with Crippen molar-refractivity contribution in [1.29, 1.82) is 0 Å². The van der Waals surface area contributed by atoms with E-state index in [0.29, 0.717) is 16.6 Å². The number of aromatic nitrogens is 3. The number of nitrogens with zero attached hydrogens (tertiary/aromatic N) is 3. The summed E-state index contributed by atoms with van der Waals surface area (Å²) in [6.07, 6.45) is 1.50. The molecule has 0 saturated heterocycles. The SMILES string of the molecule is Cc1ccc(Br)cc1CNc1nn2c(=O)ccnc2s1. The Bertz CT molecular complexity index is 827. The first-order valence-electron chi connectivity index (χ1n) is 5.97. The van der Waals surface area contributed by atoms with Gasteiger partial charge < -0.3 is 5.32 Å². The standard InChI is InChI=1S/C13H11BrN4OS/c1-8-2-3-10(14)6-9(8)7-16-12-17-18-11(19)4-5-15-13(18)20-12/h2-6H,7H2,1H3,(H,16,17). The second kappa shape index (κ2) is 5.34. The van der Waals surface area contributed by atoms with Gasteiger partial charge in [-0.3, -0.25) is 4.79 Å². The van der Waals surface area contributed by atoms with Gasteiger partial charge in [-0.1, -0.05) is 33.3 Å². The third-order valence-corrected chi connectivity index (χ3v) is 4.29. The average Bonchev–Trinajstić information content (AvgIpc) is 2.84. The predicted molar refractivity (Wildman–Crippen MR) is 83.3 cm³/mol. The molecule has 20 heavy (non-hydrogen) atoms. The lowest BCUT2D eigenvalue weighted by Crippen LogP contribution is -2.12. The molecular formula is C13H11BrN4OS. The van der Waals surface area contributed by atoms with Crippen LogP contribution in [-0.2, 0) is 6.54 Å². The molecule has 0 aliphatic heterocycles. The molecule has 1 aromatic carbocycles. The second-order valence-corrected chi connectivity index (χ2v) is 6.18. The quantitative estimate of drug-likeness (QED) is 0.788. The van der Waals surface area contributed by atoms with Crippen molar-refractivity contribution in [1.82, 2.24) is 14.6 Å². The maximum Gasteiger partial charge on any atom is 0.275 e. The van der Waals surface area contributed by atoms with Gasteiger partial charge in [-0.15, -0.1) is 5.10 Å². The number of anilines is 1. The fraction of sp³-hybridized carbons (Fsp3) is 0.154. The van der Waals surface area contributed by atoms with Crippen LogP contribution >= 0.6 is 27.3 Å². The summed E-state index contributed by atoms with van der Waals surface area (Å²) in [5.41, 5.74) is 2.22. The van der Waals surface area contributed by atoms with Gasteiger partial charge in [0, 0.05) is 23.3 Å². The Morgan fingerprint density at radius 1 is 1.40 bits per heavy atom. The highest BCUT2D eigenvalue weighted by Crippen LogP contribution is 2.20. The molecule has 0 saturated carbocycles. The van der Waals surface area contributed by atoms with E-state index in [2.05, 4.69) is 50.4 Å². The molecule has 1 N–H and O–H groups in total. The zero-order valence-electron chi connectivity index (χ0n) is 10.6. The summed E-state index contributed by atoms with van der Waals surface area (Å²) >= 11 is 4.82. The van der Waals surface area contributed by atoms with Crippen molar-refractivity contribution in [2.45, 2.75) is 13.5 Å². The molecule has 0 spiro atoms. The molecule has 0 atom stereocenters. The van der Waals surface area contributed by atoms with Gasteiger partial charge >= 0.3 is 0 Å².